The predicted molar refractivity (Wildman–Crippen MR) is 129 cm³/mol. The van der Waals surface area contributed by atoms with Crippen molar-refractivity contribution in [1.82, 2.24) is 5.32 Å². The van der Waals surface area contributed by atoms with Crippen molar-refractivity contribution in [2.24, 2.45) is 4.99 Å². The lowest BCUT2D eigenvalue weighted by Crippen LogP contribution is -2.32. The predicted octanol–water partition coefficient (Wildman–Crippen LogP) is 4.22. The van der Waals surface area contributed by atoms with E-state index in [1.165, 1.54) is 22.8 Å². The standard InChI is InChI=1S/C23H32N4O2S/c1-4-24-23(26-19-8-11-21(29-5-2)22(16-19)28-3)25-17-18-6-9-20(10-7-18)27-12-14-30-15-13-27/h6-11,16H,4-5,12-15,17H2,1-3H3,(H2,24,25,26). The van der Waals surface area contributed by atoms with Gasteiger partial charge in [0.2, 0.25) is 0 Å². The second-order valence-electron chi connectivity index (χ2n) is 6.88. The van der Waals surface area contributed by atoms with Gasteiger partial charge >= 0.3 is 0 Å². The molecule has 0 saturated carbocycles. The lowest BCUT2D eigenvalue weighted by Gasteiger charge is -2.28. The van der Waals surface area contributed by atoms with Crippen LogP contribution in [0.4, 0.5) is 11.4 Å². The van der Waals surface area contributed by atoms with Crippen LogP contribution in [0.25, 0.3) is 0 Å². The normalized spacial score (nSPS) is 14.4. The van der Waals surface area contributed by atoms with Crippen molar-refractivity contribution >= 4 is 29.1 Å². The van der Waals surface area contributed by atoms with Crippen LogP contribution in [-0.4, -0.2) is 50.8 Å². The molecule has 1 heterocycles. The number of guanidine groups is 1. The summed E-state index contributed by atoms with van der Waals surface area (Å²) in [5.74, 6) is 4.59. The van der Waals surface area contributed by atoms with Gasteiger partial charge in [-0.05, 0) is 43.7 Å². The Morgan fingerprint density at radius 2 is 1.83 bits per heavy atom. The summed E-state index contributed by atoms with van der Waals surface area (Å²) >= 11 is 2.03. The maximum atomic E-state index is 5.59. The molecule has 0 aliphatic carbocycles. The summed E-state index contributed by atoms with van der Waals surface area (Å²) in [5, 5.41) is 6.65. The molecule has 0 spiro atoms. The van der Waals surface area contributed by atoms with E-state index in [2.05, 4.69) is 46.7 Å². The number of anilines is 2. The lowest BCUT2D eigenvalue weighted by molar-refractivity contribution is 0.311. The summed E-state index contributed by atoms with van der Waals surface area (Å²) in [7, 11) is 1.65. The molecule has 1 aliphatic heterocycles. The minimum Gasteiger partial charge on any atom is -0.493 e. The van der Waals surface area contributed by atoms with Gasteiger partial charge in [0.15, 0.2) is 17.5 Å². The van der Waals surface area contributed by atoms with E-state index in [9.17, 15) is 0 Å². The lowest BCUT2D eigenvalue weighted by atomic mass is 10.2. The molecular formula is C23H32N4O2S. The smallest absolute Gasteiger partial charge is 0.196 e. The number of benzene rings is 2. The van der Waals surface area contributed by atoms with Gasteiger partial charge in [-0.25, -0.2) is 4.99 Å². The number of aliphatic imine (C=N–C) groups is 1. The zero-order valence-electron chi connectivity index (χ0n) is 18.1. The first-order valence-electron chi connectivity index (χ1n) is 10.5. The van der Waals surface area contributed by atoms with Gasteiger partial charge in [0.05, 0.1) is 20.3 Å². The molecule has 0 unspecified atom stereocenters. The maximum Gasteiger partial charge on any atom is 0.196 e. The molecule has 0 radical (unpaired) electrons. The van der Waals surface area contributed by atoms with Crippen molar-refractivity contribution in [2.75, 3.05) is 55.1 Å². The summed E-state index contributed by atoms with van der Waals surface area (Å²) in [5.41, 5.74) is 3.38. The van der Waals surface area contributed by atoms with Crippen LogP contribution in [0.1, 0.15) is 19.4 Å². The van der Waals surface area contributed by atoms with Gasteiger partial charge in [0.1, 0.15) is 0 Å². The summed E-state index contributed by atoms with van der Waals surface area (Å²) in [6, 6.07) is 14.5. The van der Waals surface area contributed by atoms with Gasteiger partial charge in [-0.2, -0.15) is 11.8 Å². The van der Waals surface area contributed by atoms with Crippen molar-refractivity contribution in [3.63, 3.8) is 0 Å². The molecule has 30 heavy (non-hydrogen) atoms. The van der Waals surface area contributed by atoms with E-state index in [1.54, 1.807) is 7.11 Å². The average molecular weight is 429 g/mol. The topological polar surface area (TPSA) is 58.1 Å². The van der Waals surface area contributed by atoms with E-state index in [-0.39, 0.29) is 0 Å². The molecule has 162 valence electrons. The Kier molecular flexibility index (Phi) is 8.56. The minimum absolute atomic E-state index is 0.600. The zero-order valence-corrected chi connectivity index (χ0v) is 18.9. The van der Waals surface area contributed by atoms with E-state index in [0.29, 0.717) is 18.9 Å². The van der Waals surface area contributed by atoms with E-state index >= 15 is 0 Å². The highest BCUT2D eigenvalue weighted by atomic mass is 32.2. The fraction of sp³-hybridized carbons (Fsp3) is 0.435. The molecule has 0 atom stereocenters. The van der Waals surface area contributed by atoms with Gasteiger partial charge in [-0.1, -0.05) is 12.1 Å². The highest BCUT2D eigenvalue weighted by Gasteiger charge is 2.11. The maximum absolute atomic E-state index is 5.59. The van der Waals surface area contributed by atoms with Crippen LogP contribution >= 0.6 is 11.8 Å². The molecule has 1 saturated heterocycles. The van der Waals surface area contributed by atoms with Crippen molar-refractivity contribution in [3.05, 3.63) is 48.0 Å². The Hall–Kier alpha value is -2.54. The fourth-order valence-electron chi connectivity index (χ4n) is 3.27. The molecule has 1 aliphatic rings. The SMILES string of the molecule is CCNC(=NCc1ccc(N2CCSCC2)cc1)Nc1ccc(OCC)c(OC)c1. The van der Waals surface area contributed by atoms with Crippen LogP contribution in [0.3, 0.4) is 0 Å². The second kappa shape index (κ2) is 11.6. The van der Waals surface area contributed by atoms with Crippen molar-refractivity contribution < 1.29 is 9.47 Å². The fourth-order valence-corrected chi connectivity index (χ4v) is 4.17. The Labute approximate surface area is 184 Å². The van der Waals surface area contributed by atoms with Gasteiger partial charge in [-0.3, -0.25) is 0 Å². The van der Waals surface area contributed by atoms with E-state index < -0.39 is 0 Å². The minimum atomic E-state index is 0.600. The number of nitrogens with zero attached hydrogens (tertiary/aromatic N) is 2. The zero-order chi connectivity index (χ0) is 21.2. The molecule has 2 aromatic rings. The molecule has 0 aromatic heterocycles. The number of methoxy groups -OCH3 is 1. The van der Waals surface area contributed by atoms with Crippen LogP contribution in [0.5, 0.6) is 11.5 Å². The van der Waals surface area contributed by atoms with Crippen LogP contribution in [0.2, 0.25) is 0 Å². The van der Waals surface area contributed by atoms with Crippen LogP contribution in [0, 0.1) is 0 Å². The van der Waals surface area contributed by atoms with Crippen molar-refractivity contribution in [2.45, 2.75) is 20.4 Å². The number of hydrogen-bond acceptors (Lipinski definition) is 5. The first-order valence-corrected chi connectivity index (χ1v) is 11.7. The van der Waals surface area contributed by atoms with Gasteiger partial charge < -0.3 is 25.0 Å². The van der Waals surface area contributed by atoms with Crippen molar-refractivity contribution in [1.29, 1.82) is 0 Å². The molecular weight excluding hydrogens is 396 g/mol. The Morgan fingerprint density at radius 1 is 1.07 bits per heavy atom. The summed E-state index contributed by atoms with van der Waals surface area (Å²) in [4.78, 5) is 7.19. The van der Waals surface area contributed by atoms with Gasteiger partial charge in [-0.15, -0.1) is 0 Å². The van der Waals surface area contributed by atoms with Gasteiger partial charge in [0.25, 0.3) is 0 Å². The van der Waals surface area contributed by atoms with Gasteiger partial charge in [0, 0.05) is 48.6 Å². The van der Waals surface area contributed by atoms with E-state index in [4.69, 9.17) is 14.5 Å². The molecule has 1 fully saturated rings. The third-order valence-electron chi connectivity index (χ3n) is 4.80. The monoisotopic (exact) mass is 428 g/mol. The molecule has 2 N–H and O–H groups in total. The number of ether oxygens (including phenoxy) is 2. The van der Waals surface area contributed by atoms with Crippen LogP contribution in [0.15, 0.2) is 47.5 Å². The summed E-state index contributed by atoms with van der Waals surface area (Å²) in [6.07, 6.45) is 0. The molecule has 0 amide bonds. The van der Waals surface area contributed by atoms with Crippen LogP contribution < -0.4 is 25.0 Å². The first-order chi connectivity index (χ1) is 14.7. The largest absolute Gasteiger partial charge is 0.493 e. The number of nitrogens with one attached hydrogen (secondary N) is 2. The molecule has 7 heteroatoms. The first kappa shape index (κ1) is 22.2. The third kappa shape index (κ3) is 6.23. The molecule has 0 bridgehead atoms. The van der Waals surface area contributed by atoms with Crippen molar-refractivity contribution in [3.8, 4) is 11.5 Å². The summed E-state index contributed by atoms with van der Waals surface area (Å²) in [6.45, 7) is 8.26. The van der Waals surface area contributed by atoms with E-state index in [1.807, 2.05) is 36.9 Å². The Morgan fingerprint density at radius 3 is 2.50 bits per heavy atom. The Balaban J connectivity index is 1.65. The highest BCUT2D eigenvalue weighted by molar-refractivity contribution is 7.99. The quantitative estimate of drug-likeness (QED) is 0.485. The van der Waals surface area contributed by atoms with Crippen LogP contribution in [-0.2, 0) is 6.54 Å². The Bertz CT molecular complexity index is 820. The number of hydrogen-bond donors (Lipinski definition) is 2. The molecule has 3 rings (SSSR count). The number of thioether (sulfide) groups is 1. The number of rotatable bonds is 8. The average Bonchev–Trinajstić information content (AvgIpc) is 2.79. The summed E-state index contributed by atoms with van der Waals surface area (Å²) < 4.78 is 11.0. The highest BCUT2D eigenvalue weighted by Crippen LogP contribution is 2.30. The second-order valence-corrected chi connectivity index (χ2v) is 8.11. The molecule has 2 aromatic carbocycles. The molecule has 6 nitrogen and oxygen atoms in total. The van der Waals surface area contributed by atoms with E-state index in [0.717, 1.165) is 37.0 Å². The third-order valence-corrected chi connectivity index (χ3v) is 5.75.